The van der Waals surface area contributed by atoms with Crippen molar-refractivity contribution in [3.63, 3.8) is 0 Å². The Labute approximate surface area is 137 Å². The molecule has 126 valence electrons. The van der Waals surface area contributed by atoms with Crippen molar-refractivity contribution in [1.29, 1.82) is 0 Å². The Balaban J connectivity index is 2.13. The van der Waals surface area contributed by atoms with Crippen molar-refractivity contribution in [3.8, 4) is 0 Å². The molecule has 0 unspecified atom stereocenters. The number of hydrogen-bond acceptors (Lipinski definition) is 4. The third kappa shape index (κ3) is 4.51. The van der Waals surface area contributed by atoms with Gasteiger partial charge in [-0.3, -0.25) is 14.6 Å². The molecule has 1 saturated heterocycles. The molecule has 23 heavy (non-hydrogen) atoms. The van der Waals surface area contributed by atoms with E-state index in [0.29, 0.717) is 18.7 Å². The summed E-state index contributed by atoms with van der Waals surface area (Å²) in [5.74, 6) is 0.213. The monoisotopic (exact) mass is 319 g/mol. The number of piperidine rings is 1. The second-order valence-electron chi connectivity index (χ2n) is 5.91. The van der Waals surface area contributed by atoms with Crippen molar-refractivity contribution in [2.24, 2.45) is 0 Å². The topological polar surface area (TPSA) is 71.5 Å². The number of likely N-dealkylation sites (tertiary alicyclic amines) is 1. The van der Waals surface area contributed by atoms with Crippen LogP contribution < -0.4 is 5.32 Å². The maximum atomic E-state index is 12.4. The van der Waals surface area contributed by atoms with Gasteiger partial charge in [0, 0.05) is 45.3 Å². The average Bonchev–Trinajstić information content (AvgIpc) is 2.55. The van der Waals surface area contributed by atoms with Gasteiger partial charge in [-0.2, -0.15) is 0 Å². The zero-order valence-corrected chi connectivity index (χ0v) is 14.1. The normalized spacial score (nSPS) is 15.5. The summed E-state index contributed by atoms with van der Waals surface area (Å²) in [4.78, 5) is 30.3. The predicted molar refractivity (Wildman–Crippen MR) is 87.4 cm³/mol. The van der Waals surface area contributed by atoms with Crippen LogP contribution in [0.25, 0.3) is 0 Å². The van der Waals surface area contributed by atoms with Crippen LogP contribution in [0.5, 0.6) is 0 Å². The van der Waals surface area contributed by atoms with Crippen LogP contribution in [-0.2, 0) is 9.53 Å². The second kappa shape index (κ2) is 8.06. The largest absolute Gasteiger partial charge is 0.383 e. The molecule has 0 aromatic carbocycles. The standard InChI is InChI=1S/C17H25N3O3/c1-12-4-5-15(17(22)18-8-11-23-3)16(19-12)14-6-9-20(10-7-14)13(2)21/h4-5,14H,6-11H2,1-3H3,(H,18,22). The fourth-order valence-corrected chi connectivity index (χ4v) is 2.91. The first-order valence-corrected chi connectivity index (χ1v) is 8.03. The average molecular weight is 319 g/mol. The molecule has 1 aromatic heterocycles. The Morgan fingerprint density at radius 2 is 2.04 bits per heavy atom. The molecule has 2 heterocycles. The van der Waals surface area contributed by atoms with E-state index in [2.05, 4.69) is 10.3 Å². The lowest BCUT2D eigenvalue weighted by Gasteiger charge is -2.31. The van der Waals surface area contributed by atoms with E-state index in [1.165, 1.54) is 0 Å². The fraction of sp³-hybridized carbons (Fsp3) is 0.588. The van der Waals surface area contributed by atoms with Gasteiger partial charge < -0.3 is 15.0 Å². The minimum absolute atomic E-state index is 0.109. The Kier molecular flexibility index (Phi) is 6.10. The number of aryl methyl sites for hydroxylation is 1. The van der Waals surface area contributed by atoms with Gasteiger partial charge in [0.1, 0.15) is 0 Å². The molecule has 0 aliphatic carbocycles. The molecule has 1 N–H and O–H groups in total. The minimum atomic E-state index is -0.112. The molecule has 1 aliphatic heterocycles. The molecule has 1 aliphatic rings. The molecule has 2 amide bonds. The third-order valence-corrected chi connectivity index (χ3v) is 4.23. The van der Waals surface area contributed by atoms with Crippen LogP contribution in [0.15, 0.2) is 12.1 Å². The molecule has 0 radical (unpaired) electrons. The zero-order valence-electron chi connectivity index (χ0n) is 14.1. The predicted octanol–water partition coefficient (Wildman–Crippen LogP) is 1.49. The van der Waals surface area contributed by atoms with Gasteiger partial charge in [-0.05, 0) is 31.9 Å². The molecule has 0 saturated carbocycles. The number of carbonyl (C=O) groups is 2. The number of rotatable bonds is 5. The van der Waals surface area contributed by atoms with Gasteiger partial charge in [0.2, 0.25) is 5.91 Å². The first-order valence-electron chi connectivity index (χ1n) is 8.03. The Hall–Kier alpha value is -1.95. The Morgan fingerprint density at radius 3 is 2.65 bits per heavy atom. The number of methoxy groups -OCH3 is 1. The summed E-state index contributed by atoms with van der Waals surface area (Å²) in [6.45, 7) is 5.93. The van der Waals surface area contributed by atoms with Gasteiger partial charge in [0.15, 0.2) is 0 Å². The number of aromatic nitrogens is 1. The third-order valence-electron chi connectivity index (χ3n) is 4.23. The number of nitrogens with zero attached hydrogens (tertiary/aromatic N) is 2. The highest BCUT2D eigenvalue weighted by Crippen LogP contribution is 2.29. The quantitative estimate of drug-likeness (QED) is 0.835. The zero-order chi connectivity index (χ0) is 16.8. The molecule has 1 fully saturated rings. The molecule has 0 bridgehead atoms. The van der Waals surface area contributed by atoms with Crippen LogP contribution in [0.3, 0.4) is 0 Å². The smallest absolute Gasteiger partial charge is 0.253 e. The molecular formula is C17H25N3O3. The fourth-order valence-electron chi connectivity index (χ4n) is 2.91. The summed E-state index contributed by atoms with van der Waals surface area (Å²) in [5, 5.41) is 2.86. The SMILES string of the molecule is COCCNC(=O)c1ccc(C)nc1C1CCN(C(C)=O)CC1. The van der Waals surface area contributed by atoms with E-state index in [0.717, 1.165) is 37.3 Å². The highest BCUT2D eigenvalue weighted by Gasteiger charge is 2.26. The van der Waals surface area contributed by atoms with E-state index in [9.17, 15) is 9.59 Å². The lowest BCUT2D eigenvalue weighted by molar-refractivity contribution is -0.129. The first kappa shape index (κ1) is 17.4. The number of amides is 2. The van der Waals surface area contributed by atoms with E-state index in [-0.39, 0.29) is 17.7 Å². The van der Waals surface area contributed by atoms with Crippen LogP contribution >= 0.6 is 0 Å². The van der Waals surface area contributed by atoms with Gasteiger partial charge >= 0.3 is 0 Å². The number of nitrogens with one attached hydrogen (secondary N) is 1. The summed E-state index contributed by atoms with van der Waals surface area (Å²) in [7, 11) is 1.60. The summed E-state index contributed by atoms with van der Waals surface area (Å²) in [6.07, 6.45) is 1.68. The second-order valence-corrected chi connectivity index (χ2v) is 5.91. The number of ether oxygens (including phenoxy) is 1. The maximum absolute atomic E-state index is 12.4. The van der Waals surface area contributed by atoms with Gasteiger partial charge in [-0.25, -0.2) is 0 Å². The van der Waals surface area contributed by atoms with Crippen LogP contribution in [0.4, 0.5) is 0 Å². The minimum Gasteiger partial charge on any atom is -0.383 e. The molecule has 2 rings (SSSR count). The molecule has 6 heteroatoms. The summed E-state index contributed by atoms with van der Waals surface area (Å²) in [5.41, 5.74) is 2.39. The van der Waals surface area contributed by atoms with Crippen molar-refractivity contribution in [3.05, 3.63) is 29.1 Å². The van der Waals surface area contributed by atoms with Gasteiger partial charge in [-0.15, -0.1) is 0 Å². The number of hydrogen-bond donors (Lipinski definition) is 1. The van der Waals surface area contributed by atoms with E-state index >= 15 is 0 Å². The van der Waals surface area contributed by atoms with Crippen LogP contribution in [-0.4, -0.2) is 55.0 Å². The first-order chi connectivity index (χ1) is 11.0. The van der Waals surface area contributed by atoms with Crippen molar-refractivity contribution in [1.82, 2.24) is 15.2 Å². The molecule has 6 nitrogen and oxygen atoms in total. The highest BCUT2D eigenvalue weighted by molar-refractivity contribution is 5.95. The van der Waals surface area contributed by atoms with Crippen molar-refractivity contribution in [2.45, 2.75) is 32.6 Å². The van der Waals surface area contributed by atoms with Crippen molar-refractivity contribution < 1.29 is 14.3 Å². The lowest BCUT2D eigenvalue weighted by atomic mass is 9.90. The Bertz CT molecular complexity index is 566. The Morgan fingerprint density at radius 1 is 1.35 bits per heavy atom. The van der Waals surface area contributed by atoms with Crippen LogP contribution in [0.1, 0.15) is 47.4 Å². The van der Waals surface area contributed by atoms with Crippen LogP contribution in [0, 0.1) is 6.92 Å². The van der Waals surface area contributed by atoms with Gasteiger partial charge in [-0.1, -0.05) is 0 Å². The lowest BCUT2D eigenvalue weighted by Crippen LogP contribution is -2.37. The van der Waals surface area contributed by atoms with E-state index in [4.69, 9.17) is 4.74 Å². The summed E-state index contributed by atoms with van der Waals surface area (Å²) < 4.78 is 4.96. The molecule has 0 spiro atoms. The summed E-state index contributed by atoms with van der Waals surface area (Å²) >= 11 is 0. The maximum Gasteiger partial charge on any atom is 0.253 e. The summed E-state index contributed by atoms with van der Waals surface area (Å²) in [6, 6.07) is 3.70. The molecular weight excluding hydrogens is 294 g/mol. The van der Waals surface area contributed by atoms with E-state index in [1.54, 1.807) is 14.0 Å². The van der Waals surface area contributed by atoms with Crippen molar-refractivity contribution >= 4 is 11.8 Å². The molecule has 0 atom stereocenters. The van der Waals surface area contributed by atoms with Gasteiger partial charge in [0.05, 0.1) is 17.9 Å². The number of pyridine rings is 1. The van der Waals surface area contributed by atoms with Crippen molar-refractivity contribution in [2.75, 3.05) is 33.4 Å². The highest BCUT2D eigenvalue weighted by atomic mass is 16.5. The number of carbonyl (C=O) groups excluding carboxylic acids is 2. The van der Waals surface area contributed by atoms with E-state index in [1.807, 2.05) is 24.0 Å². The molecule has 1 aromatic rings. The van der Waals surface area contributed by atoms with Gasteiger partial charge in [0.25, 0.3) is 5.91 Å². The van der Waals surface area contributed by atoms with Crippen LogP contribution in [0.2, 0.25) is 0 Å². The van der Waals surface area contributed by atoms with E-state index < -0.39 is 0 Å².